The summed E-state index contributed by atoms with van der Waals surface area (Å²) in [5, 5.41) is 4.99. The van der Waals surface area contributed by atoms with Crippen LogP contribution >= 0.6 is 11.8 Å². The van der Waals surface area contributed by atoms with Gasteiger partial charge in [0.25, 0.3) is 0 Å². The third-order valence-electron chi connectivity index (χ3n) is 5.56. The van der Waals surface area contributed by atoms with Crippen LogP contribution in [0.25, 0.3) is 0 Å². The van der Waals surface area contributed by atoms with Crippen molar-refractivity contribution in [2.45, 2.75) is 36.3 Å². The first-order valence-electron chi connectivity index (χ1n) is 10.3. The van der Waals surface area contributed by atoms with Gasteiger partial charge in [0.1, 0.15) is 0 Å². The standard InChI is InChI=1S/C23H25N3O3S/c1-2-15-7-5-9-17(13-15)24-21(27)16-8-6-12-26(14-16)23(29)20-22(28)25-18-10-3-4-11-19(18)30-20/h3-5,7,9-11,13,16,20H,2,6,8,12,14H2,1H3,(H,24,27)(H,25,28)/t16-,20-/m0/s1. The predicted octanol–water partition coefficient (Wildman–Crippen LogP) is 3.54. The predicted molar refractivity (Wildman–Crippen MR) is 118 cm³/mol. The number of likely N-dealkylation sites (tertiary alicyclic amines) is 1. The highest BCUT2D eigenvalue weighted by atomic mass is 32.2. The van der Waals surface area contributed by atoms with Gasteiger partial charge in [0.15, 0.2) is 5.25 Å². The number of hydrogen-bond donors (Lipinski definition) is 2. The molecule has 6 nitrogen and oxygen atoms in total. The van der Waals surface area contributed by atoms with E-state index in [1.54, 1.807) is 4.90 Å². The van der Waals surface area contributed by atoms with Crippen molar-refractivity contribution in [3.05, 3.63) is 54.1 Å². The van der Waals surface area contributed by atoms with Crippen LogP contribution in [-0.4, -0.2) is 41.0 Å². The highest BCUT2D eigenvalue weighted by Crippen LogP contribution is 2.36. The molecule has 0 aromatic heterocycles. The van der Waals surface area contributed by atoms with Crippen LogP contribution < -0.4 is 10.6 Å². The van der Waals surface area contributed by atoms with Crippen LogP contribution in [0.2, 0.25) is 0 Å². The number of rotatable bonds is 4. The number of thioether (sulfide) groups is 1. The van der Waals surface area contributed by atoms with Gasteiger partial charge in [-0.25, -0.2) is 0 Å². The lowest BCUT2D eigenvalue weighted by Gasteiger charge is -2.35. The minimum Gasteiger partial charge on any atom is -0.340 e. The van der Waals surface area contributed by atoms with Crippen molar-refractivity contribution in [3.8, 4) is 0 Å². The monoisotopic (exact) mass is 423 g/mol. The molecule has 2 aliphatic heterocycles. The summed E-state index contributed by atoms with van der Waals surface area (Å²) in [7, 11) is 0. The molecule has 156 valence electrons. The number of benzene rings is 2. The minimum absolute atomic E-state index is 0.0770. The number of carbonyl (C=O) groups is 3. The van der Waals surface area contributed by atoms with Crippen molar-refractivity contribution in [2.24, 2.45) is 5.92 Å². The SMILES string of the molecule is CCc1cccc(NC(=O)[C@H]2CCCN(C(=O)[C@H]3Sc4ccccc4NC3=O)C2)c1. The zero-order chi connectivity index (χ0) is 21.1. The van der Waals surface area contributed by atoms with E-state index in [4.69, 9.17) is 0 Å². The van der Waals surface area contributed by atoms with E-state index in [0.29, 0.717) is 13.1 Å². The number of carbonyl (C=O) groups excluding carboxylic acids is 3. The summed E-state index contributed by atoms with van der Waals surface area (Å²) in [6, 6.07) is 15.3. The van der Waals surface area contributed by atoms with E-state index in [1.165, 1.54) is 11.8 Å². The summed E-state index contributed by atoms with van der Waals surface area (Å²) >= 11 is 1.28. The normalized spacial score (nSPS) is 20.8. The second-order valence-corrected chi connectivity index (χ2v) is 8.80. The molecule has 3 amide bonds. The molecule has 0 unspecified atom stereocenters. The number of amides is 3. The molecule has 0 bridgehead atoms. The van der Waals surface area contributed by atoms with Crippen molar-refractivity contribution >= 4 is 40.9 Å². The fourth-order valence-electron chi connectivity index (χ4n) is 3.88. The van der Waals surface area contributed by atoms with E-state index in [1.807, 2.05) is 48.5 Å². The van der Waals surface area contributed by atoms with Gasteiger partial charge < -0.3 is 15.5 Å². The van der Waals surface area contributed by atoms with Crippen molar-refractivity contribution in [3.63, 3.8) is 0 Å². The maximum absolute atomic E-state index is 13.1. The zero-order valence-corrected chi connectivity index (χ0v) is 17.7. The highest BCUT2D eigenvalue weighted by molar-refractivity contribution is 8.01. The van der Waals surface area contributed by atoms with E-state index in [2.05, 4.69) is 17.6 Å². The summed E-state index contributed by atoms with van der Waals surface area (Å²) in [5.41, 5.74) is 2.68. The van der Waals surface area contributed by atoms with Gasteiger partial charge in [-0.1, -0.05) is 31.2 Å². The van der Waals surface area contributed by atoms with E-state index in [9.17, 15) is 14.4 Å². The molecular formula is C23H25N3O3S. The minimum atomic E-state index is -0.817. The molecule has 0 radical (unpaired) electrons. The summed E-state index contributed by atoms with van der Waals surface area (Å²) in [4.78, 5) is 41.0. The molecule has 0 spiro atoms. The average molecular weight is 424 g/mol. The maximum Gasteiger partial charge on any atom is 0.247 e. The fourth-order valence-corrected chi connectivity index (χ4v) is 4.96. The Morgan fingerprint density at radius 2 is 2.03 bits per heavy atom. The molecule has 2 heterocycles. The Kier molecular flexibility index (Phi) is 6.08. The molecule has 4 rings (SSSR count). The number of nitrogens with zero attached hydrogens (tertiary/aromatic N) is 1. The van der Waals surface area contributed by atoms with Crippen LogP contribution in [0.5, 0.6) is 0 Å². The summed E-state index contributed by atoms with van der Waals surface area (Å²) in [6.07, 6.45) is 2.38. The smallest absolute Gasteiger partial charge is 0.247 e. The number of para-hydroxylation sites is 1. The van der Waals surface area contributed by atoms with Gasteiger partial charge in [-0.05, 0) is 49.1 Å². The number of anilines is 2. The summed E-state index contributed by atoms with van der Waals surface area (Å²) < 4.78 is 0. The highest BCUT2D eigenvalue weighted by Gasteiger charge is 2.38. The van der Waals surface area contributed by atoms with Crippen LogP contribution in [0.4, 0.5) is 11.4 Å². The van der Waals surface area contributed by atoms with Gasteiger partial charge in [-0.2, -0.15) is 0 Å². The number of aryl methyl sites for hydroxylation is 1. The fraction of sp³-hybridized carbons (Fsp3) is 0.348. The van der Waals surface area contributed by atoms with Gasteiger partial charge in [0.05, 0.1) is 11.6 Å². The van der Waals surface area contributed by atoms with Crippen LogP contribution in [0, 0.1) is 5.92 Å². The van der Waals surface area contributed by atoms with Crippen molar-refractivity contribution in [2.75, 3.05) is 23.7 Å². The van der Waals surface area contributed by atoms with Crippen LogP contribution in [0.1, 0.15) is 25.3 Å². The van der Waals surface area contributed by atoms with E-state index >= 15 is 0 Å². The Hall–Kier alpha value is -2.80. The maximum atomic E-state index is 13.1. The Morgan fingerprint density at radius 1 is 1.20 bits per heavy atom. The molecule has 7 heteroatoms. The Balaban J connectivity index is 1.41. The first-order valence-corrected chi connectivity index (χ1v) is 11.2. The van der Waals surface area contributed by atoms with Crippen LogP contribution in [0.15, 0.2) is 53.4 Å². The van der Waals surface area contributed by atoms with Crippen LogP contribution in [0.3, 0.4) is 0 Å². The number of piperidine rings is 1. The molecule has 30 heavy (non-hydrogen) atoms. The molecule has 0 saturated carbocycles. The summed E-state index contributed by atoms with van der Waals surface area (Å²) in [5.74, 6) is -0.882. The number of fused-ring (bicyclic) bond motifs is 1. The average Bonchev–Trinajstić information content (AvgIpc) is 2.78. The first-order chi connectivity index (χ1) is 14.5. The van der Waals surface area contributed by atoms with Crippen molar-refractivity contribution < 1.29 is 14.4 Å². The van der Waals surface area contributed by atoms with E-state index in [0.717, 1.165) is 41.1 Å². The topological polar surface area (TPSA) is 78.5 Å². The van der Waals surface area contributed by atoms with Gasteiger partial charge in [0, 0.05) is 23.7 Å². The number of nitrogens with one attached hydrogen (secondary N) is 2. The van der Waals surface area contributed by atoms with E-state index < -0.39 is 5.25 Å². The largest absolute Gasteiger partial charge is 0.340 e. The Bertz CT molecular complexity index is 978. The molecule has 2 aliphatic rings. The lowest BCUT2D eigenvalue weighted by atomic mass is 9.96. The first kappa shape index (κ1) is 20.5. The molecule has 2 atom stereocenters. The molecule has 2 aromatic carbocycles. The van der Waals surface area contributed by atoms with Crippen molar-refractivity contribution in [1.29, 1.82) is 0 Å². The molecule has 2 N–H and O–H groups in total. The van der Waals surface area contributed by atoms with Gasteiger partial charge in [0.2, 0.25) is 17.7 Å². The van der Waals surface area contributed by atoms with Gasteiger partial charge in [-0.3, -0.25) is 14.4 Å². The number of hydrogen-bond acceptors (Lipinski definition) is 4. The molecule has 0 aliphatic carbocycles. The second kappa shape index (κ2) is 8.92. The molecule has 1 saturated heterocycles. The Labute approximate surface area is 180 Å². The molecule has 1 fully saturated rings. The second-order valence-electron chi connectivity index (χ2n) is 7.65. The van der Waals surface area contributed by atoms with Crippen LogP contribution in [-0.2, 0) is 20.8 Å². The van der Waals surface area contributed by atoms with Gasteiger partial charge >= 0.3 is 0 Å². The Morgan fingerprint density at radius 3 is 2.87 bits per heavy atom. The third kappa shape index (κ3) is 4.36. The van der Waals surface area contributed by atoms with Gasteiger partial charge in [-0.15, -0.1) is 11.8 Å². The zero-order valence-electron chi connectivity index (χ0n) is 16.9. The lowest BCUT2D eigenvalue weighted by molar-refractivity contribution is -0.136. The van der Waals surface area contributed by atoms with E-state index in [-0.39, 0.29) is 23.6 Å². The lowest BCUT2D eigenvalue weighted by Crippen LogP contribution is -2.50. The molecule has 2 aromatic rings. The van der Waals surface area contributed by atoms with Crippen molar-refractivity contribution in [1.82, 2.24) is 4.90 Å². The molecular weight excluding hydrogens is 398 g/mol. The third-order valence-corrected chi connectivity index (χ3v) is 6.82. The summed E-state index contributed by atoms with van der Waals surface area (Å²) in [6.45, 7) is 2.98. The quantitative estimate of drug-likeness (QED) is 0.738.